The number of aryl methyl sites for hydroxylation is 4. The average Bonchev–Trinajstić information content (AvgIpc) is 2.70. The number of nitrogens with zero attached hydrogens (tertiary/aromatic N) is 2. The van der Waals surface area contributed by atoms with Crippen LogP contribution in [0.1, 0.15) is 33.4 Å². The maximum absolute atomic E-state index is 9.42. The van der Waals surface area contributed by atoms with Crippen molar-refractivity contribution in [2.24, 2.45) is 0 Å². The number of rotatable bonds is 4. The molecule has 0 bridgehead atoms. The van der Waals surface area contributed by atoms with Crippen LogP contribution in [0.4, 0.5) is 0 Å². The van der Waals surface area contributed by atoms with E-state index in [9.17, 15) is 10.5 Å². The Balaban J connectivity index is 2.10. The van der Waals surface area contributed by atoms with E-state index in [0.29, 0.717) is 33.0 Å². The van der Waals surface area contributed by atoms with Gasteiger partial charge in [-0.2, -0.15) is 10.5 Å². The molecule has 0 fully saturated rings. The van der Waals surface area contributed by atoms with E-state index in [0.717, 1.165) is 22.3 Å². The van der Waals surface area contributed by atoms with Gasteiger partial charge < -0.3 is 9.47 Å². The summed E-state index contributed by atoms with van der Waals surface area (Å²) >= 11 is 12.5. The van der Waals surface area contributed by atoms with E-state index in [-0.39, 0.29) is 11.1 Å². The van der Waals surface area contributed by atoms with Crippen molar-refractivity contribution in [1.29, 1.82) is 10.5 Å². The number of hydrogen-bond donors (Lipinski definition) is 0. The molecular weight excluding hydrogens is 419 g/mol. The molecule has 0 radical (unpaired) electrons. The predicted molar refractivity (Wildman–Crippen MR) is 118 cm³/mol. The fraction of sp³-hybridized carbons (Fsp3) is 0.167. The van der Waals surface area contributed by atoms with Crippen LogP contribution >= 0.6 is 23.2 Å². The first-order valence-corrected chi connectivity index (χ1v) is 9.86. The molecular formula is C24H18Cl2N2O2. The molecule has 3 aromatic carbocycles. The molecule has 0 aliphatic rings. The van der Waals surface area contributed by atoms with Crippen LogP contribution < -0.4 is 9.47 Å². The average molecular weight is 437 g/mol. The minimum absolute atomic E-state index is 0.200. The van der Waals surface area contributed by atoms with E-state index in [4.69, 9.17) is 32.7 Å². The zero-order valence-electron chi connectivity index (χ0n) is 16.9. The van der Waals surface area contributed by atoms with Crippen LogP contribution in [0.3, 0.4) is 0 Å². The Hall–Kier alpha value is -3.18. The molecule has 0 aromatic heterocycles. The Bertz CT molecular complexity index is 1090. The van der Waals surface area contributed by atoms with Crippen molar-refractivity contribution < 1.29 is 9.47 Å². The van der Waals surface area contributed by atoms with E-state index in [2.05, 4.69) is 0 Å². The lowest BCUT2D eigenvalue weighted by Crippen LogP contribution is -1.96. The Morgan fingerprint density at radius 3 is 1.17 bits per heavy atom. The monoisotopic (exact) mass is 436 g/mol. The van der Waals surface area contributed by atoms with Gasteiger partial charge in [0, 0.05) is 22.2 Å². The number of ether oxygens (including phenoxy) is 2. The summed E-state index contributed by atoms with van der Waals surface area (Å²) in [7, 11) is 0. The normalized spacial score (nSPS) is 10.3. The van der Waals surface area contributed by atoms with Crippen LogP contribution in [0.15, 0.2) is 36.4 Å². The van der Waals surface area contributed by atoms with Crippen LogP contribution in [-0.2, 0) is 0 Å². The van der Waals surface area contributed by atoms with E-state index in [1.807, 2.05) is 39.8 Å². The van der Waals surface area contributed by atoms with Crippen molar-refractivity contribution in [1.82, 2.24) is 0 Å². The summed E-state index contributed by atoms with van der Waals surface area (Å²) in [6.45, 7) is 7.55. The summed E-state index contributed by atoms with van der Waals surface area (Å²) in [5, 5.41) is 20.2. The summed E-state index contributed by atoms with van der Waals surface area (Å²) in [6, 6.07) is 14.3. The molecule has 3 aromatic rings. The molecule has 0 saturated carbocycles. The Morgan fingerprint density at radius 1 is 0.600 bits per heavy atom. The largest absolute Gasteiger partial charge is 0.453 e. The quantitative estimate of drug-likeness (QED) is 0.423. The van der Waals surface area contributed by atoms with Gasteiger partial charge in [-0.25, -0.2) is 0 Å². The van der Waals surface area contributed by atoms with Gasteiger partial charge in [0.2, 0.25) is 0 Å². The molecule has 3 rings (SSSR count). The smallest absolute Gasteiger partial charge is 0.171 e. The Morgan fingerprint density at radius 2 is 0.900 bits per heavy atom. The zero-order chi connectivity index (χ0) is 22.0. The SMILES string of the molecule is Cc1cc(Oc2cc(C#N)c(C#N)cc2Oc2cc(C)c(Cl)c(C)c2)cc(C)c1Cl. The summed E-state index contributed by atoms with van der Waals surface area (Å²) in [4.78, 5) is 0. The number of halogens is 2. The Labute approximate surface area is 185 Å². The second-order valence-corrected chi connectivity index (χ2v) is 7.77. The van der Waals surface area contributed by atoms with Gasteiger partial charge in [-0.15, -0.1) is 0 Å². The third kappa shape index (κ3) is 4.36. The summed E-state index contributed by atoms with van der Waals surface area (Å²) in [6.07, 6.45) is 0. The highest BCUT2D eigenvalue weighted by Gasteiger charge is 2.16. The van der Waals surface area contributed by atoms with E-state index >= 15 is 0 Å². The topological polar surface area (TPSA) is 66.0 Å². The van der Waals surface area contributed by atoms with Crippen LogP contribution in [-0.4, -0.2) is 0 Å². The molecule has 0 heterocycles. The molecule has 0 unspecified atom stereocenters. The molecule has 0 spiro atoms. The fourth-order valence-corrected chi connectivity index (χ4v) is 3.31. The minimum atomic E-state index is 0.200. The molecule has 6 heteroatoms. The van der Waals surface area contributed by atoms with Crippen molar-refractivity contribution >= 4 is 23.2 Å². The minimum Gasteiger partial charge on any atom is -0.453 e. The maximum Gasteiger partial charge on any atom is 0.171 e. The lowest BCUT2D eigenvalue weighted by Gasteiger charge is -2.16. The molecule has 0 aliphatic carbocycles. The second kappa shape index (κ2) is 8.67. The predicted octanol–water partition coefficient (Wildman–Crippen LogP) is 7.56. The highest BCUT2D eigenvalue weighted by Crippen LogP contribution is 2.39. The van der Waals surface area contributed by atoms with Gasteiger partial charge in [0.05, 0.1) is 11.1 Å². The van der Waals surface area contributed by atoms with Crippen LogP contribution in [0.25, 0.3) is 0 Å². The number of benzene rings is 3. The Kier molecular flexibility index (Phi) is 6.22. The molecule has 0 saturated heterocycles. The van der Waals surface area contributed by atoms with Gasteiger partial charge >= 0.3 is 0 Å². The number of nitriles is 2. The molecule has 0 N–H and O–H groups in total. The number of hydrogen-bond acceptors (Lipinski definition) is 4. The third-order valence-electron chi connectivity index (χ3n) is 4.60. The van der Waals surface area contributed by atoms with Crippen molar-refractivity contribution in [3.05, 3.63) is 79.8 Å². The molecule has 0 atom stereocenters. The summed E-state index contributed by atoms with van der Waals surface area (Å²) in [5.74, 6) is 1.74. The van der Waals surface area contributed by atoms with E-state index < -0.39 is 0 Å². The van der Waals surface area contributed by atoms with Crippen molar-refractivity contribution in [2.45, 2.75) is 27.7 Å². The summed E-state index contributed by atoms with van der Waals surface area (Å²) < 4.78 is 12.1. The molecule has 4 nitrogen and oxygen atoms in total. The van der Waals surface area contributed by atoms with Gasteiger partial charge in [0.15, 0.2) is 11.5 Å². The van der Waals surface area contributed by atoms with Crippen molar-refractivity contribution in [2.75, 3.05) is 0 Å². The standard InChI is InChI=1S/C24H18Cl2N2O2/c1-13-5-19(6-14(2)23(13)25)29-21-9-17(11-27)18(12-28)10-22(21)30-20-7-15(3)24(26)16(4)8-20/h5-10H,1-4H3. The summed E-state index contributed by atoms with van der Waals surface area (Å²) in [5.41, 5.74) is 3.87. The second-order valence-electron chi connectivity index (χ2n) is 7.01. The third-order valence-corrected chi connectivity index (χ3v) is 5.79. The van der Waals surface area contributed by atoms with Gasteiger partial charge in [0.25, 0.3) is 0 Å². The van der Waals surface area contributed by atoms with Crippen LogP contribution in [0.5, 0.6) is 23.0 Å². The van der Waals surface area contributed by atoms with E-state index in [1.165, 1.54) is 12.1 Å². The first-order valence-electron chi connectivity index (χ1n) is 9.11. The van der Waals surface area contributed by atoms with Crippen molar-refractivity contribution in [3.63, 3.8) is 0 Å². The van der Waals surface area contributed by atoms with Crippen LogP contribution in [0.2, 0.25) is 10.0 Å². The molecule has 150 valence electrons. The van der Waals surface area contributed by atoms with Gasteiger partial charge in [-0.3, -0.25) is 0 Å². The molecule has 30 heavy (non-hydrogen) atoms. The highest BCUT2D eigenvalue weighted by molar-refractivity contribution is 6.32. The van der Waals surface area contributed by atoms with Gasteiger partial charge in [-0.1, -0.05) is 23.2 Å². The molecule has 0 aliphatic heterocycles. The first-order chi connectivity index (χ1) is 14.2. The van der Waals surface area contributed by atoms with Crippen molar-refractivity contribution in [3.8, 4) is 35.1 Å². The molecule has 0 amide bonds. The maximum atomic E-state index is 9.42. The van der Waals surface area contributed by atoms with Crippen LogP contribution in [0, 0.1) is 50.4 Å². The van der Waals surface area contributed by atoms with E-state index in [1.54, 1.807) is 24.3 Å². The highest BCUT2D eigenvalue weighted by atomic mass is 35.5. The fourth-order valence-electron chi connectivity index (χ4n) is 3.09. The van der Waals surface area contributed by atoms with Gasteiger partial charge in [-0.05, 0) is 74.2 Å². The first kappa shape index (κ1) is 21.5. The van der Waals surface area contributed by atoms with Gasteiger partial charge in [0.1, 0.15) is 23.6 Å². The zero-order valence-corrected chi connectivity index (χ0v) is 18.4. The lowest BCUT2D eigenvalue weighted by molar-refractivity contribution is 0.418. The lowest BCUT2D eigenvalue weighted by atomic mass is 10.1.